The summed E-state index contributed by atoms with van der Waals surface area (Å²) in [7, 11) is 0. The monoisotopic (exact) mass is 268 g/mol. The number of aliphatic carboxylic acids is 1. The molecule has 1 unspecified atom stereocenters. The van der Waals surface area contributed by atoms with Crippen LogP contribution in [0.3, 0.4) is 0 Å². The van der Waals surface area contributed by atoms with Crippen molar-refractivity contribution in [1.29, 1.82) is 0 Å². The predicted octanol–water partition coefficient (Wildman–Crippen LogP) is 3.16. The summed E-state index contributed by atoms with van der Waals surface area (Å²) in [6, 6.07) is 4.99. The lowest BCUT2D eigenvalue weighted by molar-refractivity contribution is -0.146. The summed E-state index contributed by atoms with van der Waals surface area (Å²) in [5.74, 6) is -1.92. The van der Waals surface area contributed by atoms with Gasteiger partial charge in [-0.15, -0.1) is 0 Å². The van der Waals surface area contributed by atoms with Crippen molar-refractivity contribution in [2.75, 3.05) is 0 Å². The van der Waals surface area contributed by atoms with Crippen LogP contribution in [0, 0.1) is 6.92 Å². The Hall–Kier alpha value is -1.75. The van der Waals surface area contributed by atoms with Gasteiger partial charge in [0.2, 0.25) is 5.54 Å². The maximum Gasteiger partial charge on any atom is 0.341 e. The Morgan fingerprint density at radius 2 is 2.00 bits per heavy atom. The molecule has 1 aromatic carbocycles. The van der Waals surface area contributed by atoms with Gasteiger partial charge in [0.15, 0.2) is 5.78 Å². The number of rotatable bonds is 4. The molecular weight excluding hydrogens is 256 g/mol. The molecule has 5 nitrogen and oxygen atoms in total. The summed E-state index contributed by atoms with van der Waals surface area (Å²) in [5, 5.41) is 16.9. The van der Waals surface area contributed by atoms with Crippen LogP contribution in [0.15, 0.2) is 28.4 Å². The van der Waals surface area contributed by atoms with Gasteiger partial charge in [0, 0.05) is 5.02 Å². The Kier molecular flexibility index (Phi) is 4.19. The largest absolute Gasteiger partial charge is 0.479 e. The Morgan fingerprint density at radius 1 is 1.39 bits per heavy atom. The van der Waals surface area contributed by atoms with Crippen LogP contribution in [0.4, 0.5) is 5.69 Å². The van der Waals surface area contributed by atoms with Crippen LogP contribution < -0.4 is 0 Å². The zero-order chi connectivity index (χ0) is 13.9. The van der Waals surface area contributed by atoms with E-state index in [9.17, 15) is 9.59 Å². The number of hydrogen-bond donors (Lipinski definition) is 1. The Labute approximate surface area is 109 Å². The number of carbonyl (C=O) groups is 2. The summed E-state index contributed by atoms with van der Waals surface area (Å²) >= 11 is 5.81. The van der Waals surface area contributed by atoms with Crippen molar-refractivity contribution in [3.8, 4) is 0 Å². The van der Waals surface area contributed by atoms with E-state index in [1.165, 1.54) is 6.92 Å². The van der Waals surface area contributed by atoms with Crippen molar-refractivity contribution in [1.82, 2.24) is 0 Å². The molecule has 0 fully saturated rings. The van der Waals surface area contributed by atoms with E-state index in [-0.39, 0.29) is 0 Å². The minimum absolute atomic E-state index is 0.441. The summed E-state index contributed by atoms with van der Waals surface area (Å²) in [4.78, 5) is 22.4. The molecular formula is C12H13ClN2O3. The lowest BCUT2D eigenvalue weighted by Crippen LogP contribution is -2.39. The van der Waals surface area contributed by atoms with Crippen LogP contribution in [0.2, 0.25) is 5.02 Å². The average Bonchev–Trinajstić information content (AvgIpc) is 2.29. The maximum atomic E-state index is 11.3. The van der Waals surface area contributed by atoms with Crippen molar-refractivity contribution >= 4 is 29.0 Å². The third kappa shape index (κ3) is 2.92. The smallest absolute Gasteiger partial charge is 0.341 e. The quantitative estimate of drug-likeness (QED) is 0.673. The number of Topliss-reactive ketones (excluding diaryl/α,β-unsaturated/α-hetero) is 1. The summed E-state index contributed by atoms with van der Waals surface area (Å²) in [6.07, 6.45) is 0. The van der Waals surface area contributed by atoms with Crippen molar-refractivity contribution in [2.45, 2.75) is 26.3 Å². The Balaban J connectivity index is 3.15. The van der Waals surface area contributed by atoms with Crippen molar-refractivity contribution < 1.29 is 14.7 Å². The molecule has 0 aliphatic rings. The average molecular weight is 269 g/mol. The number of halogens is 1. The third-order valence-electron chi connectivity index (χ3n) is 2.63. The lowest BCUT2D eigenvalue weighted by Gasteiger charge is -2.14. The first kappa shape index (κ1) is 14.3. The zero-order valence-electron chi connectivity index (χ0n) is 10.3. The molecule has 0 radical (unpaired) electrons. The first-order valence-corrected chi connectivity index (χ1v) is 5.58. The first-order chi connectivity index (χ1) is 8.27. The van der Waals surface area contributed by atoms with Gasteiger partial charge >= 0.3 is 5.97 Å². The summed E-state index contributed by atoms with van der Waals surface area (Å²) < 4.78 is 0. The number of benzene rings is 1. The fraction of sp³-hybridized carbons (Fsp3) is 0.333. The molecule has 18 heavy (non-hydrogen) atoms. The number of ketones is 1. The van der Waals surface area contributed by atoms with E-state index in [0.717, 1.165) is 12.5 Å². The third-order valence-corrected chi connectivity index (χ3v) is 2.87. The number of hydrogen-bond acceptors (Lipinski definition) is 4. The number of azo groups is 1. The predicted molar refractivity (Wildman–Crippen MR) is 67.4 cm³/mol. The highest BCUT2D eigenvalue weighted by atomic mass is 35.5. The van der Waals surface area contributed by atoms with Crippen molar-refractivity contribution in [3.05, 3.63) is 28.8 Å². The molecule has 0 bridgehead atoms. The lowest BCUT2D eigenvalue weighted by atomic mass is 10.00. The van der Waals surface area contributed by atoms with Gasteiger partial charge in [-0.2, -0.15) is 10.2 Å². The van der Waals surface area contributed by atoms with E-state index in [0.29, 0.717) is 10.7 Å². The summed E-state index contributed by atoms with van der Waals surface area (Å²) in [6.45, 7) is 4.16. The van der Waals surface area contributed by atoms with E-state index < -0.39 is 17.3 Å². The second kappa shape index (κ2) is 5.27. The van der Waals surface area contributed by atoms with Crippen LogP contribution in [0.1, 0.15) is 19.4 Å². The number of carbonyl (C=O) groups excluding carboxylic acids is 1. The maximum absolute atomic E-state index is 11.3. The minimum Gasteiger partial charge on any atom is -0.479 e. The van der Waals surface area contributed by atoms with Crippen LogP contribution in [0.5, 0.6) is 0 Å². The molecule has 0 amide bonds. The van der Waals surface area contributed by atoms with Gasteiger partial charge in [-0.1, -0.05) is 17.7 Å². The topological polar surface area (TPSA) is 79.1 Å². The van der Waals surface area contributed by atoms with E-state index in [4.69, 9.17) is 16.7 Å². The van der Waals surface area contributed by atoms with Gasteiger partial charge in [-0.05, 0) is 38.5 Å². The molecule has 0 aliphatic carbocycles. The minimum atomic E-state index is -1.87. The van der Waals surface area contributed by atoms with Crippen LogP contribution in [-0.4, -0.2) is 22.4 Å². The van der Waals surface area contributed by atoms with E-state index in [1.807, 2.05) is 0 Å². The Bertz CT molecular complexity index is 512. The highest BCUT2D eigenvalue weighted by Gasteiger charge is 2.38. The molecule has 96 valence electrons. The SMILES string of the molecule is CC(=O)C(C)(/N=N/c1cc(Cl)ccc1C)C(=O)O. The molecule has 0 heterocycles. The van der Waals surface area contributed by atoms with E-state index >= 15 is 0 Å². The number of nitrogens with zero attached hydrogens (tertiary/aromatic N) is 2. The normalized spacial score (nSPS) is 14.4. The second-order valence-corrected chi connectivity index (χ2v) is 4.50. The number of aryl methyl sites for hydroxylation is 1. The fourth-order valence-corrected chi connectivity index (χ4v) is 1.27. The molecule has 0 saturated carbocycles. The number of carboxylic acids is 1. The van der Waals surface area contributed by atoms with E-state index in [2.05, 4.69) is 10.2 Å². The molecule has 6 heteroatoms. The molecule has 0 aliphatic heterocycles. The van der Waals surface area contributed by atoms with Gasteiger partial charge in [-0.3, -0.25) is 4.79 Å². The molecule has 1 rings (SSSR count). The standard InChI is InChI=1S/C12H13ClN2O3/c1-7-4-5-9(13)6-10(7)14-15-12(3,8(2)16)11(17)18/h4-6H,1-3H3,(H,17,18)/b15-14+. The first-order valence-electron chi connectivity index (χ1n) is 5.21. The van der Waals surface area contributed by atoms with Gasteiger partial charge in [0.1, 0.15) is 0 Å². The van der Waals surface area contributed by atoms with Gasteiger partial charge in [0.25, 0.3) is 0 Å². The van der Waals surface area contributed by atoms with Crippen molar-refractivity contribution in [2.24, 2.45) is 10.2 Å². The molecule has 1 atom stereocenters. The Morgan fingerprint density at radius 3 is 2.50 bits per heavy atom. The second-order valence-electron chi connectivity index (χ2n) is 4.06. The van der Waals surface area contributed by atoms with Gasteiger partial charge in [-0.25, -0.2) is 4.79 Å². The van der Waals surface area contributed by atoms with Crippen LogP contribution in [-0.2, 0) is 9.59 Å². The number of carboxylic acid groups (broad SMARTS) is 1. The summed E-state index contributed by atoms with van der Waals surface area (Å²) in [5.41, 5.74) is -0.634. The zero-order valence-corrected chi connectivity index (χ0v) is 11.0. The molecule has 0 aromatic heterocycles. The van der Waals surface area contributed by atoms with E-state index in [1.54, 1.807) is 25.1 Å². The molecule has 1 N–H and O–H groups in total. The highest BCUT2D eigenvalue weighted by molar-refractivity contribution is 6.30. The van der Waals surface area contributed by atoms with Crippen LogP contribution in [0.25, 0.3) is 0 Å². The van der Waals surface area contributed by atoms with Crippen LogP contribution >= 0.6 is 11.6 Å². The molecule has 1 aromatic rings. The van der Waals surface area contributed by atoms with Gasteiger partial charge in [0.05, 0.1) is 5.69 Å². The van der Waals surface area contributed by atoms with Crippen molar-refractivity contribution in [3.63, 3.8) is 0 Å². The molecule has 0 spiro atoms. The fourth-order valence-electron chi connectivity index (χ4n) is 1.11. The molecule has 0 saturated heterocycles. The highest BCUT2D eigenvalue weighted by Crippen LogP contribution is 2.25. The van der Waals surface area contributed by atoms with Gasteiger partial charge < -0.3 is 5.11 Å².